The summed E-state index contributed by atoms with van der Waals surface area (Å²) < 4.78 is 34.3. The van der Waals surface area contributed by atoms with E-state index in [-0.39, 0.29) is 13.0 Å². The number of aliphatic hydroxyl groups is 1. The molecule has 0 aliphatic heterocycles. The third-order valence-electron chi connectivity index (χ3n) is 4.21. The van der Waals surface area contributed by atoms with Crippen LogP contribution in [0.3, 0.4) is 0 Å². The number of aliphatic hydroxyl groups excluding tert-OH is 1. The van der Waals surface area contributed by atoms with E-state index >= 15 is 0 Å². The highest BCUT2D eigenvalue weighted by Gasteiger charge is 2.25. The summed E-state index contributed by atoms with van der Waals surface area (Å²) in [7, 11) is 0. The van der Waals surface area contributed by atoms with Gasteiger partial charge in [0.25, 0.3) is 0 Å². The van der Waals surface area contributed by atoms with Gasteiger partial charge in [-0.1, -0.05) is 6.07 Å². The van der Waals surface area contributed by atoms with Gasteiger partial charge in [-0.3, -0.25) is 0 Å². The summed E-state index contributed by atoms with van der Waals surface area (Å²) in [6.07, 6.45) is -1.72. The van der Waals surface area contributed by atoms with Crippen LogP contribution in [0, 0.1) is 11.6 Å². The lowest BCUT2D eigenvalue weighted by Crippen LogP contribution is -2.49. The second kappa shape index (κ2) is 11.4. The number of hydrogen-bond acceptors (Lipinski definition) is 4. The minimum absolute atomic E-state index is 0.0284. The van der Waals surface area contributed by atoms with Crippen LogP contribution in [0.25, 0.3) is 0 Å². The fourth-order valence-electron chi connectivity index (χ4n) is 2.88. The molecule has 0 radical (unpaired) electrons. The molecular formula is C22H26Br2F2N2O3. The van der Waals surface area contributed by atoms with Crippen LogP contribution in [0.5, 0.6) is 0 Å². The molecule has 2 atom stereocenters. The Morgan fingerprint density at radius 3 is 2.29 bits per heavy atom. The van der Waals surface area contributed by atoms with E-state index in [4.69, 9.17) is 4.74 Å². The SMILES string of the molecule is CC(C)(C)OC(=O)N[C@@H](Cc1cc(F)cc(F)c1)[C@@H](O)CNCc1ccc(Br)c(Br)c1. The zero-order valence-corrected chi connectivity index (χ0v) is 20.7. The highest BCUT2D eigenvalue weighted by atomic mass is 79.9. The minimum atomic E-state index is -1.03. The van der Waals surface area contributed by atoms with Crippen LogP contribution in [0.1, 0.15) is 31.9 Å². The van der Waals surface area contributed by atoms with Gasteiger partial charge in [-0.25, -0.2) is 13.6 Å². The van der Waals surface area contributed by atoms with E-state index in [0.29, 0.717) is 12.1 Å². The van der Waals surface area contributed by atoms with Crippen LogP contribution in [0.15, 0.2) is 45.3 Å². The molecule has 0 bridgehead atoms. The van der Waals surface area contributed by atoms with Crippen molar-refractivity contribution in [3.05, 3.63) is 68.1 Å². The predicted molar refractivity (Wildman–Crippen MR) is 123 cm³/mol. The van der Waals surface area contributed by atoms with Gasteiger partial charge >= 0.3 is 6.09 Å². The highest BCUT2D eigenvalue weighted by molar-refractivity contribution is 9.13. The monoisotopic (exact) mass is 562 g/mol. The van der Waals surface area contributed by atoms with Crippen molar-refractivity contribution in [1.82, 2.24) is 10.6 Å². The molecule has 2 aromatic carbocycles. The normalized spacial score (nSPS) is 13.5. The topological polar surface area (TPSA) is 70.6 Å². The molecule has 0 aliphatic rings. The molecule has 5 nitrogen and oxygen atoms in total. The summed E-state index contributed by atoms with van der Waals surface area (Å²) in [5.41, 5.74) is 0.582. The quantitative estimate of drug-likeness (QED) is 0.419. The Morgan fingerprint density at radius 2 is 1.71 bits per heavy atom. The number of hydrogen-bond donors (Lipinski definition) is 3. The zero-order chi connectivity index (χ0) is 23.2. The van der Waals surface area contributed by atoms with Crippen LogP contribution >= 0.6 is 31.9 Å². The Morgan fingerprint density at radius 1 is 1.06 bits per heavy atom. The van der Waals surface area contributed by atoms with Gasteiger partial charge in [0.15, 0.2) is 0 Å². The molecule has 0 aliphatic carbocycles. The van der Waals surface area contributed by atoms with Gasteiger partial charge in [-0.15, -0.1) is 0 Å². The molecule has 0 unspecified atom stereocenters. The minimum Gasteiger partial charge on any atom is -0.444 e. The van der Waals surface area contributed by atoms with Crippen molar-refractivity contribution in [3.8, 4) is 0 Å². The second-order valence-corrected chi connectivity index (χ2v) is 9.89. The average Bonchev–Trinajstić information content (AvgIpc) is 2.61. The number of amides is 1. The van der Waals surface area contributed by atoms with Crippen molar-refractivity contribution in [2.45, 2.75) is 51.5 Å². The Bertz CT molecular complexity index is 887. The van der Waals surface area contributed by atoms with Gasteiger partial charge in [-0.05, 0) is 94.4 Å². The molecule has 0 aromatic heterocycles. The van der Waals surface area contributed by atoms with Gasteiger partial charge in [0.1, 0.15) is 17.2 Å². The number of carbonyl (C=O) groups excluding carboxylic acids is 1. The second-order valence-electron chi connectivity index (χ2n) is 8.18. The fraction of sp³-hybridized carbons (Fsp3) is 0.409. The highest BCUT2D eigenvalue weighted by Crippen LogP contribution is 2.23. The Labute approximate surface area is 197 Å². The Balaban J connectivity index is 2.05. The maximum Gasteiger partial charge on any atom is 0.407 e. The Hall–Kier alpha value is -1.55. The van der Waals surface area contributed by atoms with Crippen LogP contribution in [0.4, 0.5) is 13.6 Å². The molecule has 0 fully saturated rings. The molecule has 3 N–H and O–H groups in total. The van der Waals surface area contributed by atoms with Crippen molar-refractivity contribution in [2.75, 3.05) is 6.54 Å². The molecule has 9 heteroatoms. The van der Waals surface area contributed by atoms with Crippen molar-refractivity contribution in [1.29, 1.82) is 0 Å². The standard InChI is InChI=1S/C22H26Br2F2N2O3/c1-22(2,3)31-21(30)28-19(9-14-6-15(25)10-16(26)7-14)20(29)12-27-11-13-4-5-17(23)18(24)8-13/h4-8,10,19-20,27,29H,9,11-12H2,1-3H3,(H,28,30)/t19-,20-/m0/s1. The van der Waals surface area contributed by atoms with Crippen LogP contribution in [-0.4, -0.2) is 35.5 Å². The third-order valence-corrected chi connectivity index (χ3v) is 6.09. The number of ether oxygens (including phenoxy) is 1. The molecule has 0 saturated carbocycles. The van der Waals surface area contributed by atoms with Crippen molar-refractivity contribution in [2.24, 2.45) is 0 Å². The molecule has 0 saturated heterocycles. The summed E-state index contributed by atoms with van der Waals surface area (Å²) >= 11 is 6.86. The molecular weight excluding hydrogens is 538 g/mol. The first kappa shape index (κ1) is 25.7. The summed E-state index contributed by atoms with van der Waals surface area (Å²) in [5.74, 6) is -1.45. The van der Waals surface area contributed by atoms with Gasteiger partial charge < -0.3 is 20.5 Å². The smallest absolute Gasteiger partial charge is 0.407 e. The molecule has 0 heterocycles. The summed E-state index contributed by atoms with van der Waals surface area (Å²) in [5, 5.41) is 16.4. The number of alkyl carbamates (subject to hydrolysis) is 1. The zero-order valence-electron chi connectivity index (χ0n) is 17.5. The van der Waals surface area contributed by atoms with E-state index in [0.717, 1.165) is 20.6 Å². The van der Waals surface area contributed by atoms with E-state index in [9.17, 15) is 18.7 Å². The van der Waals surface area contributed by atoms with Crippen molar-refractivity contribution >= 4 is 38.0 Å². The number of carbonyl (C=O) groups is 1. The summed E-state index contributed by atoms with van der Waals surface area (Å²) in [6.45, 7) is 5.79. The summed E-state index contributed by atoms with van der Waals surface area (Å²) in [6, 6.07) is 8.07. The predicted octanol–water partition coefficient (Wildman–Crippen LogP) is 5.08. The maximum absolute atomic E-state index is 13.6. The lowest BCUT2D eigenvalue weighted by molar-refractivity contribution is 0.0422. The van der Waals surface area contributed by atoms with E-state index in [1.807, 2.05) is 18.2 Å². The largest absolute Gasteiger partial charge is 0.444 e. The molecule has 2 aromatic rings. The lowest BCUT2D eigenvalue weighted by Gasteiger charge is -2.27. The molecule has 1 amide bonds. The lowest BCUT2D eigenvalue weighted by atomic mass is 10.0. The third kappa shape index (κ3) is 9.22. The first-order chi connectivity index (χ1) is 14.4. The number of benzene rings is 2. The van der Waals surface area contributed by atoms with Gasteiger partial charge in [0.2, 0.25) is 0 Å². The van der Waals surface area contributed by atoms with Crippen molar-refractivity contribution < 1.29 is 23.4 Å². The maximum atomic E-state index is 13.6. The fourth-order valence-corrected chi connectivity index (χ4v) is 3.55. The number of nitrogens with one attached hydrogen (secondary N) is 2. The van der Waals surface area contributed by atoms with E-state index in [2.05, 4.69) is 42.5 Å². The molecule has 170 valence electrons. The first-order valence-corrected chi connectivity index (χ1v) is 11.3. The van der Waals surface area contributed by atoms with Crippen LogP contribution in [0.2, 0.25) is 0 Å². The van der Waals surface area contributed by atoms with Crippen LogP contribution in [-0.2, 0) is 17.7 Å². The summed E-state index contributed by atoms with van der Waals surface area (Å²) in [4.78, 5) is 12.2. The van der Waals surface area contributed by atoms with E-state index in [1.54, 1.807) is 20.8 Å². The average molecular weight is 564 g/mol. The van der Waals surface area contributed by atoms with Crippen molar-refractivity contribution in [3.63, 3.8) is 0 Å². The molecule has 2 rings (SSSR count). The first-order valence-electron chi connectivity index (χ1n) is 9.70. The molecule has 31 heavy (non-hydrogen) atoms. The van der Waals surface area contributed by atoms with Crippen LogP contribution < -0.4 is 10.6 Å². The van der Waals surface area contributed by atoms with Gasteiger partial charge in [0, 0.05) is 28.1 Å². The van der Waals surface area contributed by atoms with E-state index < -0.39 is 35.5 Å². The number of rotatable bonds is 8. The van der Waals surface area contributed by atoms with E-state index in [1.165, 1.54) is 12.1 Å². The molecule has 0 spiro atoms. The van der Waals surface area contributed by atoms with Gasteiger partial charge in [-0.2, -0.15) is 0 Å². The van der Waals surface area contributed by atoms with Gasteiger partial charge in [0.05, 0.1) is 12.1 Å². The Kier molecular flexibility index (Phi) is 9.42. The number of halogens is 4.